The van der Waals surface area contributed by atoms with Gasteiger partial charge in [0.2, 0.25) is 0 Å². The number of halogens is 2. The van der Waals surface area contributed by atoms with Crippen molar-refractivity contribution < 1.29 is 5.11 Å². The first kappa shape index (κ1) is 12.5. The molecule has 5 rings (SSSR count). The molecule has 4 aliphatic carbocycles. The number of hydrogen-bond donors (Lipinski definition) is 1. The molecule has 0 aromatic heterocycles. The number of aliphatic hydroxyl groups is 1. The summed E-state index contributed by atoms with van der Waals surface area (Å²) < 4.78 is 0. The molecule has 0 spiro atoms. The summed E-state index contributed by atoms with van der Waals surface area (Å²) in [5.41, 5.74) is 0.317. The summed E-state index contributed by atoms with van der Waals surface area (Å²) in [4.78, 5) is 0. The Labute approximate surface area is 123 Å². The smallest absolute Gasteiger partial charge is 0.0953 e. The topological polar surface area (TPSA) is 20.2 Å². The summed E-state index contributed by atoms with van der Waals surface area (Å²) >= 11 is 12.1. The molecular weight excluding hydrogens is 279 g/mol. The zero-order valence-electron chi connectivity index (χ0n) is 10.8. The zero-order chi connectivity index (χ0) is 13.2. The van der Waals surface area contributed by atoms with E-state index in [0.717, 1.165) is 17.4 Å². The summed E-state index contributed by atoms with van der Waals surface area (Å²) in [6, 6.07) is 5.67. The minimum Gasteiger partial charge on any atom is -0.385 e. The normalized spacial score (nSPS) is 43.7. The summed E-state index contributed by atoms with van der Waals surface area (Å²) in [6.45, 7) is 0. The lowest BCUT2D eigenvalue weighted by molar-refractivity contribution is -0.179. The summed E-state index contributed by atoms with van der Waals surface area (Å²) in [5, 5.41) is 12.5. The first-order chi connectivity index (χ1) is 9.07. The Kier molecular flexibility index (Phi) is 2.72. The molecule has 102 valence electrons. The van der Waals surface area contributed by atoms with Crippen molar-refractivity contribution in [2.75, 3.05) is 0 Å². The van der Waals surface area contributed by atoms with Gasteiger partial charge in [-0.1, -0.05) is 29.3 Å². The third-order valence-corrected chi connectivity index (χ3v) is 6.50. The average molecular weight is 297 g/mol. The van der Waals surface area contributed by atoms with Crippen molar-refractivity contribution in [3.63, 3.8) is 0 Å². The van der Waals surface area contributed by atoms with E-state index < -0.39 is 5.60 Å². The minimum absolute atomic E-state index is 0.418. The molecule has 1 nitrogen and oxygen atoms in total. The Balaban J connectivity index is 1.78. The second kappa shape index (κ2) is 4.13. The number of benzene rings is 1. The van der Waals surface area contributed by atoms with Crippen LogP contribution in [0.25, 0.3) is 0 Å². The highest BCUT2D eigenvalue weighted by Crippen LogP contribution is 2.61. The van der Waals surface area contributed by atoms with E-state index in [-0.39, 0.29) is 0 Å². The van der Waals surface area contributed by atoms with E-state index in [2.05, 4.69) is 0 Å². The summed E-state index contributed by atoms with van der Waals surface area (Å²) in [6.07, 6.45) is 6.13. The van der Waals surface area contributed by atoms with E-state index in [9.17, 15) is 5.11 Å². The first-order valence-electron chi connectivity index (χ1n) is 7.25. The van der Waals surface area contributed by atoms with Crippen LogP contribution >= 0.6 is 23.2 Å². The Morgan fingerprint density at radius 2 is 1.47 bits per heavy atom. The second-order valence-corrected chi connectivity index (χ2v) is 7.57. The molecule has 4 bridgehead atoms. The number of hydrogen-bond acceptors (Lipinski definition) is 1. The third-order valence-electron chi connectivity index (χ3n) is 5.76. The predicted molar refractivity (Wildman–Crippen MR) is 77.4 cm³/mol. The fourth-order valence-corrected chi connectivity index (χ4v) is 5.42. The highest BCUT2D eigenvalue weighted by Gasteiger charge is 2.57. The summed E-state index contributed by atoms with van der Waals surface area (Å²) in [5.74, 6) is 2.54. The van der Waals surface area contributed by atoms with Gasteiger partial charge in [-0.3, -0.25) is 0 Å². The quantitative estimate of drug-likeness (QED) is 0.801. The lowest BCUT2D eigenvalue weighted by Crippen LogP contribution is -2.55. The van der Waals surface area contributed by atoms with E-state index in [4.69, 9.17) is 23.2 Å². The number of rotatable bonds is 1. The molecule has 4 saturated carbocycles. The van der Waals surface area contributed by atoms with Crippen molar-refractivity contribution in [3.05, 3.63) is 33.8 Å². The SMILES string of the molecule is OC1(c2ccc(Cl)c(Cl)c2)C2CC3CC(C2)CC1C3. The van der Waals surface area contributed by atoms with E-state index in [1.54, 1.807) is 0 Å². The van der Waals surface area contributed by atoms with Gasteiger partial charge in [-0.25, -0.2) is 0 Å². The molecule has 0 radical (unpaired) electrons. The Hall–Kier alpha value is -0.240. The molecule has 19 heavy (non-hydrogen) atoms. The van der Waals surface area contributed by atoms with E-state index in [1.807, 2.05) is 18.2 Å². The third kappa shape index (κ3) is 1.71. The molecule has 0 amide bonds. The molecule has 0 aliphatic heterocycles. The van der Waals surface area contributed by atoms with Crippen LogP contribution in [0.15, 0.2) is 18.2 Å². The van der Waals surface area contributed by atoms with Crippen LogP contribution < -0.4 is 0 Å². The Morgan fingerprint density at radius 3 is 2.00 bits per heavy atom. The van der Waals surface area contributed by atoms with Gasteiger partial charge >= 0.3 is 0 Å². The predicted octanol–water partition coefficient (Wildman–Crippen LogP) is 4.64. The monoisotopic (exact) mass is 296 g/mol. The van der Waals surface area contributed by atoms with Crippen LogP contribution in [0.3, 0.4) is 0 Å². The first-order valence-corrected chi connectivity index (χ1v) is 8.01. The maximum Gasteiger partial charge on any atom is 0.0953 e. The van der Waals surface area contributed by atoms with Crippen LogP contribution in [0.4, 0.5) is 0 Å². The van der Waals surface area contributed by atoms with Crippen LogP contribution in [0.2, 0.25) is 10.0 Å². The Morgan fingerprint density at radius 1 is 0.895 bits per heavy atom. The molecule has 0 atom stereocenters. The molecule has 3 heteroatoms. The van der Waals surface area contributed by atoms with Gasteiger partial charge in [0.05, 0.1) is 15.6 Å². The highest BCUT2D eigenvalue weighted by atomic mass is 35.5. The van der Waals surface area contributed by atoms with Gasteiger partial charge in [-0.15, -0.1) is 0 Å². The van der Waals surface area contributed by atoms with Gasteiger partial charge in [0.1, 0.15) is 0 Å². The second-order valence-electron chi connectivity index (χ2n) is 6.76. The van der Waals surface area contributed by atoms with E-state index >= 15 is 0 Å². The molecule has 0 unspecified atom stereocenters. The van der Waals surface area contributed by atoms with Gasteiger partial charge in [0, 0.05) is 0 Å². The molecule has 1 aromatic rings. The van der Waals surface area contributed by atoms with Gasteiger partial charge in [0.15, 0.2) is 0 Å². The lowest BCUT2D eigenvalue weighted by atomic mass is 9.48. The van der Waals surface area contributed by atoms with Gasteiger partial charge in [-0.2, -0.15) is 0 Å². The van der Waals surface area contributed by atoms with E-state index in [0.29, 0.717) is 21.9 Å². The standard InChI is InChI=1S/C16H18Cl2O/c17-14-2-1-11(8-15(14)18)16(19)12-4-9-3-10(6-12)7-13(16)5-9/h1-2,8-10,12-13,19H,3-7H2. The maximum atomic E-state index is 11.4. The fourth-order valence-electron chi connectivity index (χ4n) is 5.12. The van der Waals surface area contributed by atoms with Crippen molar-refractivity contribution in [1.29, 1.82) is 0 Å². The zero-order valence-corrected chi connectivity index (χ0v) is 12.3. The van der Waals surface area contributed by atoms with Crippen LogP contribution in [0, 0.1) is 23.7 Å². The maximum absolute atomic E-state index is 11.4. The lowest BCUT2D eigenvalue weighted by Gasteiger charge is -2.59. The average Bonchev–Trinajstić information content (AvgIpc) is 2.38. The highest BCUT2D eigenvalue weighted by molar-refractivity contribution is 6.42. The van der Waals surface area contributed by atoms with Crippen molar-refractivity contribution in [2.45, 2.75) is 37.7 Å². The van der Waals surface area contributed by atoms with Crippen LogP contribution in [-0.4, -0.2) is 5.11 Å². The molecule has 1 aromatic carbocycles. The van der Waals surface area contributed by atoms with E-state index in [1.165, 1.54) is 32.1 Å². The van der Waals surface area contributed by atoms with Crippen LogP contribution in [0.1, 0.15) is 37.7 Å². The van der Waals surface area contributed by atoms with Crippen molar-refractivity contribution in [3.8, 4) is 0 Å². The summed E-state index contributed by atoms with van der Waals surface area (Å²) in [7, 11) is 0. The molecule has 4 fully saturated rings. The van der Waals surface area contributed by atoms with Crippen molar-refractivity contribution in [1.82, 2.24) is 0 Å². The van der Waals surface area contributed by atoms with Gasteiger partial charge < -0.3 is 5.11 Å². The van der Waals surface area contributed by atoms with Crippen molar-refractivity contribution in [2.24, 2.45) is 23.7 Å². The van der Waals surface area contributed by atoms with Gasteiger partial charge in [0.25, 0.3) is 0 Å². The Bertz CT molecular complexity index is 497. The van der Waals surface area contributed by atoms with Gasteiger partial charge in [-0.05, 0) is 73.5 Å². The molecule has 4 aliphatic rings. The molecule has 1 N–H and O–H groups in total. The molecule has 0 heterocycles. The van der Waals surface area contributed by atoms with Crippen LogP contribution in [0.5, 0.6) is 0 Å². The minimum atomic E-state index is -0.665. The molecular formula is C16H18Cl2O. The largest absolute Gasteiger partial charge is 0.385 e. The fraction of sp³-hybridized carbons (Fsp3) is 0.625. The van der Waals surface area contributed by atoms with Crippen molar-refractivity contribution >= 4 is 23.2 Å². The molecule has 0 saturated heterocycles. The van der Waals surface area contributed by atoms with Crippen LogP contribution in [-0.2, 0) is 5.60 Å².